The van der Waals surface area contributed by atoms with Crippen LogP contribution in [0.5, 0.6) is 0 Å². The molecule has 6 amide bonds. The van der Waals surface area contributed by atoms with Crippen molar-refractivity contribution in [3.63, 3.8) is 0 Å². The number of aliphatic hydroxyl groups is 4. The Kier molecular flexibility index (Phi) is 17.4. The number of aromatic nitrogens is 7. The molecule has 0 aromatic carbocycles. The van der Waals surface area contributed by atoms with E-state index in [1.165, 1.54) is 79.6 Å². The van der Waals surface area contributed by atoms with Gasteiger partial charge in [0.25, 0.3) is 29.5 Å². The molecule has 7 aromatic rings. The first-order valence-corrected chi connectivity index (χ1v) is 28.6. The third-order valence-corrected chi connectivity index (χ3v) is 16.5. The number of rotatable bonds is 10. The fourth-order valence-electron chi connectivity index (χ4n) is 7.21. The molecule has 0 radical (unpaired) electrons. The van der Waals surface area contributed by atoms with Crippen LogP contribution in [0.25, 0.3) is 49.1 Å². The van der Waals surface area contributed by atoms with Gasteiger partial charge in [0.05, 0.1) is 35.3 Å². The molecule has 23 nitrogen and oxygen atoms in total. The van der Waals surface area contributed by atoms with Crippen molar-refractivity contribution in [1.82, 2.24) is 66.8 Å². The van der Waals surface area contributed by atoms with Crippen molar-refractivity contribution in [2.24, 2.45) is 0 Å². The lowest BCUT2D eigenvalue weighted by atomic mass is 9.99. The maximum atomic E-state index is 13.9. The maximum Gasteiger partial charge on any atom is 0.275 e. The molecule has 0 fully saturated rings. The molecular formula is C48H49N13O10S6. The van der Waals surface area contributed by atoms with Crippen molar-refractivity contribution in [2.75, 3.05) is 6.54 Å². The van der Waals surface area contributed by atoms with Crippen LogP contribution in [0, 0.1) is 0 Å². The van der Waals surface area contributed by atoms with Crippen LogP contribution in [-0.4, -0.2) is 127 Å². The Morgan fingerprint density at radius 3 is 1.86 bits per heavy atom. The highest BCUT2D eigenvalue weighted by atomic mass is 32.1. The topological polar surface area (TPSA) is 346 Å². The third-order valence-electron chi connectivity index (χ3n) is 11.2. The number of pyridine rings is 1. The SMILES string of the molecule is CC=C(NC(=O)c1csc(-c2csc(-c3ccc4c(n3)-c3csc(n3)[C@H]([C@@H](C)O)NC(=O)c3csc(n3)[C@H](C(C)(C)O)NC(=O)c3csc(n3)C(=CC)NC(=O)[C@H]([C@@H](C)O)NC(=O)c3csc-4n3)n2)n1)C(=O)NC[C@@H](C)O. The predicted molar refractivity (Wildman–Crippen MR) is 292 cm³/mol. The van der Waals surface area contributed by atoms with Crippen molar-refractivity contribution >= 4 is 109 Å². The molecule has 0 saturated carbocycles. The lowest BCUT2D eigenvalue weighted by Gasteiger charge is -2.28. The molecule has 8 bridgehead atoms. The van der Waals surface area contributed by atoms with E-state index in [2.05, 4.69) is 51.8 Å². The van der Waals surface area contributed by atoms with E-state index in [0.717, 1.165) is 56.7 Å². The van der Waals surface area contributed by atoms with Crippen LogP contribution in [-0.2, 0) is 9.59 Å². The summed E-state index contributed by atoms with van der Waals surface area (Å²) in [7, 11) is 0. The first-order valence-electron chi connectivity index (χ1n) is 23.3. The molecule has 8 rings (SSSR count). The molecule has 77 heavy (non-hydrogen) atoms. The zero-order chi connectivity index (χ0) is 55.5. The molecule has 6 atom stereocenters. The molecule has 0 spiro atoms. The van der Waals surface area contributed by atoms with Gasteiger partial charge in [0.15, 0.2) is 0 Å². The second-order valence-corrected chi connectivity index (χ2v) is 22.9. The molecule has 0 aliphatic carbocycles. The Hall–Kier alpha value is -6.93. The van der Waals surface area contributed by atoms with Gasteiger partial charge in [-0.3, -0.25) is 28.8 Å². The first kappa shape index (κ1) is 56.3. The fraction of sp³-hybridized carbons (Fsp3) is 0.312. The number of hydrogen-bond acceptors (Lipinski definition) is 23. The Morgan fingerprint density at radius 2 is 1.19 bits per heavy atom. The van der Waals surface area contributed by atoms with Crippen molar-refractivity contribution in [3.05, 3.63) is 100 Å². The number of aliphatic hydroxyl groups excluding tert-OH is 3. The van der Waals surface area contributed by atoms with E-state index in [1.807, 2.05) is 0 Å². The van der Waals surface area contributed by atoms with Crippen LogP contribution in [0.1, 0.15) is 118 Å². The molecule has 0 saturated heterocycles. The van der Waals surface area contributed by atoms with Gasteiger partial charge in [-0.05, 0) is 60.6 Å². The number of fused-ring (bicyclic) bond motifs is 11. The maximum absolute atomic E-state index is 13.9. The summed E-state index contributed by atoms with van der Waals surface area (Å²) in [4.78, 5) is 114. The number of carbonyl (C=O) groups is 6. The molecule has 0 unspecified atom stereocenters. The highest BCUT2D eigenvalue weighted by Crippen LogP contribution is 2.38. The average Bonchev–Trinajstić information content (AvgIpc) is 4.26. The smallest absolute Gasteiger partial charge is 0.275 e. The highest BCUT2D eigenvalue weighted by molar-refractivity contribution is 7.15. The van der Waals surface area contributed by atoms with Crippen molar-refractivity contribution in [1.29, 1.82) is 0 Å². The van der Waals surface area contributed by atoms with Crippen molar-refractivity contribution in [2.45, 2.75) is 90.5 Å². The van der Waals surface area contributed by atoms with Crippen LogP contribution in [0.4, 0.5) is 0 Å². The standard InChI is InChI=1S/C48H49N13O10S6/c1-8-23(36(65)49-12-19(3)62)51-37(66)27-15-74-45(56-27)31-18-75-44(58-31)25-11-10-22-34(50-25)26-13-76-46(53-26)33(21(5)64)60-39(68)29-17-77-47(57-29)35(48(6,7)71)61-40(69)30-16-73-43(55-30)24(9-2)52-41(70)32(20(4)63)59-38(67)28-14-72-42(22)54-28/h8-11,13-21,32-33,35,62-64,71H,12H2,1-7H3,(H,49,65)(H,51,66)(H,52,70)(H,59,67)(H,60,68)(H,61,69)/t19-,20-,21-,32+,33+,35-/m1/s1. The minimum atomic E-state index is -1.59. The molecular weight excluding hydrogens is 1110 g/mol. The summed E-state index contributed by atoms with van der Waals surface area (Å²) < 4.78 is 0. The molecule has 1 aliphatic heterocycles. The fourth-order valence-corrected chi connectivity index (χ4v) is 12.4. The number of carbonyl (C=O) groups excluding carboxylic acids is 6. The summed E-state index contributed by atoms with van der Waals surface area (Å²) in [5.41, 5.74) is 0.232. The van der Waals surface area contributed by atoms with Crippen LogP contribution in [0.3, 0.4) is 0 Å². The molecule has 402 valence electrons. The lowest BCUT2D eigenvalue weighted by molar-refractivity contribution is -0.124. The Bertz CT molecular complexity index is 3430. The molecule has 1 aliphatic rings. The van der Waals surface area contributed by atoms with E-state index in [9.17, 15) is 49.2 Å². The molecule has 29 heteroatoms. The van der Waals surface area contributed by atoms with Crippen molar-refractivity contribution in [3.8, 4) is 43.4 Å². The second kappa shape index (κ2) is 23.8. The van der Waals surface area contributed by atoms with Crippen LogP contribution in [0.2, 0.25) is 0 Å². The molecule has 7 aromatic heterocycles. The number of amides is 6. The average molecular weight is 1160 g/mol. The van der Waals surface area contributed by atoms with E-state index < -0.39 is 77.5 Å². The molecule has 8 heterocycles. The zero-order valence-corrected chi connectivity index (χ0v) is 46.7. The van der Waals surface area contributed by atoms with Gasteiger partial charge in [0.1, 0.15) is 93.7 Å². The number of nitrogens with one attached hydrogen (secondary N) is 6. The summed E-state index contributed by atoms with van der Waals surface area (Å²) in [6, 6.07) is -0.252. The van der Waals surface area contributed by atoms with Crippen molar-refractivity contribution < 1.29 is 49.2 Å². The van der Waals surface area contributed by atoms with Gasteiger partial charge < -0.3 is 52.3 Å². The normalized spacial score (nSPS) is 18.6. The van der Waals surface area contributed by atoms with E-state index in [1.54, 1.807) is 36.7 Å². The summed E-state index contributed by atoms with van der Waals surface area (Å²) >= 11 is 6.67. The number of hydrogen-bond donors (Lipinski definition) is 10. The predicted octanol–water partition coefficient (Wildman–Crippen LogP) is 4.68. The van der Waals surface area contributed by atoms with Gasteiger partial charge in [-0.15, -0.1) is 68.0 Å². The summed E-state index contributed by atoms with van der Waals surface area (Å²) in [6.45, 7) is 10.5. The highest BCUT2D eigenvalue weighted by Gasteiger charge is 2.35. The third kappa shape index (κ3) is 12.9. The van der Waals surface area contributed by atoms with Gasteiger partial charge in [-0.25, -0.2) is 34.9 Å². The molecule has 10 N–H and O–H groups in total. The van der Waals surface area contributed by atoms with E-state index >= 15 is 0 Å². The Balaban J connectivity index is 1.15. The van der Waals surface area contributed by atoms with Crippen LogP contribution in [0.15, 0.2) is 62.3 Å². The number of thiazole rings is 6. The first-order chi connectivity index (χ1) is 36.6. The van der Waals surface area contributed by atoms with Gasteiger partial charge in [-0.1, -0.05) is 12.2 Å². The number of nitrogens with zero attached hydrogens (tertiary/aromatic N) is 7. The minimum Gasteiger partial charge on any atom is -0.392 e. The van der Waals surface area contributed by atoms with E-state index in [4.69, 9.17) is 15.0 Å². The van der Waals surface area contributed by atoms with Gasteiger partial charge in [0.2, 0.25) is 5.91 Å². The minimum absolute atomic E-state index is 0.00724. The lowest BCUT2D eigenvalue weighted by Crippen LogP contribution is -2.52. The van der Waals surface area contributed by atoms with Gasteiger partial charge in [-0.2, -0.15) is 0 Å². The van der Waals surface area contributed by atoms with Crippen LogP contribution >= 0.6 is 68.0 Å². The zero-order valence-electron chi connectivity index (χ0n) is 41.8. The van der Waals surface area contributed by atoms with E-state index in [-0.39, 0.29) is 61.4 Å². The quantitative estimate of drug-likeness (QED) is 0.0831. The number of allylic oxidation sites excluding steroid dienone is 2. The summed E-state index contributed by atoms with van der Waals surface area (Å²) in [5.74, 6) is -4.15. The summed E-state index contributed by atoms with van der Waals surface area (Å²) in [6.07, 6.45) is -0.384. The second-order valence-electron chi connectivity index (χ2n) is 17.7. The van der Waals surface area contributed by atoms with E-state index in [0.29, 0.717) is 37.7 Å². The Morgan fingerprint density at radius 1 is 0.649 bits per heavy atom. The largest absolute Gasteiger partial charge is 0.392 e. The van der Waals surface area contributed by atoms with Gasteiger partial charge in [0, 0.05) is 44.4 Å². The summed E-state index contributed by atoms with van der Waals surface area (Å²) in [5, 5.41) is 69.9. The Labute approximate surface area is 462 Å². The van der Waals surface area contributed by atoms with Gasteiger partial charge >= 0.3 is 0 Å². The monoisotopic (exact) mass is 1160 g/mol. The van der Waals surface area contributed by atoms with Crippen LogP contribution < -0.4 is 31.9 Å².